The number of rotatable bonds is 6. The summed E-state index contributed by atoms with van der Waals surface area (Å²) < 4.78 is 1.92. The topological polar surface area (TPSA) is 64.3 Å². The molecule has 0 spiro atoms. The number of aryl methyl sites for hydroxylation is 1. The minimum atomic E-state index is 0.0527. The van der Waals surface area contributed by atoms with Crippen LogP contribution in [0, 0.1) is 18.8 Å². The van der Waals surface area contributed by atoms with Crippen molar-refractivity contribution in [2.45, 2.75) is 52.1 Å². The number of carbonyl (C=O) groups is 1. The van der Waals surface area contributed by atoms with Crippen LogP contribution in [0.5, 0.6) is 0 Å². The van der Waals surface area contributed by atoms with E-state index in [-0.39, 0.29) is 11.3 Å². The number of para-hydroxylation sites is 1. The van der Waals surface area contributed by atoms with E-state index < -0.39 is 0 Å². The molecule has 0 saturated heterocycles. The molecule has 2 atom stereocenters. The minimum absolute atomic E-state index is 0.0527. The van der Waals surface area contributed by atoms with Gasteiger partial charge in [0.2, 0.25) is 0 Å². The summed E-state index contributed by atoms with van der Waals surface area (Å²) in [5.74, 6) is 0.956. The van der Waals surface area contributed by atoms with Gasteiger partial charge in [-0.3, -0.25) is 19.6 Å². The lowest BCUT2D eigenvalue weighted by Crippen LogP contribution is -2.27. The zero-order chi connectivity index (χ0) is 25.4. The molecular weight excluding hydrogens is 458 g/mol. The molecule has 2 unspecified atom stereocenters. The van der Waals surface area contributed by atoms with Gasteiger partial charge in [-0.05, 0) is 79.3 Å². The summed E-state index contributed by atoms with van der Waals surface area (Å²) in [6, 6.07) is 21.7. The average Bonchev–Trinajstić information content (AvgIpc) is 3.34. The van der Waals surface area contributed by atoms with Gasteiger partial charge >= 0.3 is 0 Å². The van der Waals surface area contributed by atoms with Gasteiger partial charge in [0, 0.05) is 47.6 Å². The first-order valence-electron chi connectivity index (χ1n) is 13.3. The van der Waals surface area contributed by atoms with Crippen molar-refractivity contribution in [3.63, 3.8) is 0 Å². The van der Waals surface area contributed by atoms with Crippen molar-refractivity contribution in [2.24, 2.45) is 16.8 Å². The Hall–Kier alpha value is -3.86. The number of hydrogen-bond donors (Lipinski definition) is 0. The second kappa shape index (κ2) is 9.89. The number of Topliss-reactive ketones (excluding diaryl/α,β-unsaturated/α-hetero) is 1. The fourth-order valence-electron chi connectivity index (χ4n) is 6.12. The van der Waals surface area contributed by atoms with Gasteiger partial charge in [-0.2, -0.15) is 0 Å². The zero-order valence-electron chi connectivity index (χ0n) is 21.2. The molecule has 1 aliphatic heterocycles. The van der Waals surface area contributed by atoms with E-state index in [0.29, 0.717) is 24.8 Å². The summed E-state index contributed by atoms with van der Waals surface area (Å²) in [6.07, 6.45) is 6.62. The molecule has 2 aliphatic rings. The smallest absolute Gasteiger partial charge is 0.251 e. The van der Waals surface area contributed by atoms with Crippen LogP contribution in [0.1, 0.15) is 64.8 Å². The number of benzene rings is 2. The lowest BCUT2D eigenvalue weighted by Gasteiger charge is -2.29. The normalized spacial score (nSPS) is 19.0. The average molecular weight is 490 g/mol. The molecule has 2 aromatic heterocycles. The number of pyridine rings is 2. The quantitative estimate of drug-likeness (QED) is 0.306. The molecule has 0 amide bonds. The van der Waals surface area contributed by atoms with Crippen molar-refractivity contribution < 1.29 is 4.79 Å². The maximum Gasteiger partial charge on any atom is 0.251 e. The van der Waals surface area contributed by atoms with Gasteiger partial charge in [0.15, 0.2) is 5.78 Å². The Kier molecular flexibility index (Phi) is 6.29. The SMILES string of the molecule is Cc1cc(C2=NCc3ccc(C(=O)CC4CCCC(Cn5c(=O)ccc6ccccc65)C4)cc32)ccn1. The third kappa shape index (κ3) is 4.78. The number of carbonyl (C=O) groups excluding carboxylic acids is 1. The Labute approximate surface area is 216 Å². The third-order valence-corrected chi connectivity index (χ3v) is 7.97. The first-order valence-corrected chi connectivity index (χ1v) is 13.3. The number of fused-ring (bicyclic) bond motifs is 2. The summed E-state index contributed by atoms with van der Waals surface area (Å²) in [5.41, 5.74) is 7.01. The number of aromatic nitrogens is 2. The maximum absolute atomic E-state index is 13.4. The molecule has 1 fully saturated rings. The van der Waals surface area contributed by atoms with Crippen LogP contribution < -0.4 is 5.56 Å². The summed E-state index contributed by atoms with van der Waals surface area (Å²) >= 11 is 0. The second-order valence-electron chi connectivity index (χ2n) is 10.6. The Bertz CT molecular complexity index is 1580. The van der Waals surface area contributed by atoms with Crippen molar-refractivity contribution in [1.29, 1.82) is 0 Å². The van der Waals surface area contributed by atoms with Crippen LogP contribution >= 0.6 is 0 Å². The molecule has 186 valence electrons. The van der Waals surface area contributed by atoms with E-state index in [4.69, 9.17) is 4.99 Å². The zero-order valence-corrected chi connectivity index (χ0v) is 21.2. The van der Waals surface area contributed by atoms with Gasteiger partial charge in [0.05, 0.1) is 17.8 Å². The van der Waals surface area contributed by atoms with Gasteiger partial charge in [-0.1, -0.05) is 36.8 Å². The highest BCUT2D eigenvalue weighted by Crippen LogP contribution is 2.34. The third-order valence-electron chi connectivity index (χ3n) is 7.97. The molecule has 0 radical (unpaired) electrons. The molecule has 0 bridgehead atoms. The van der Waals surface area contributed by atoms with Crippen molar-refractivity contribution in [3.8, 4) is 0 Å². The highest BCUT2D eigenvalue weighted by molar-refractivity contribution is 6.16. The predicted molar refractivity (Wildman–Crippen MR) is 147 cm³/mol. The fraction of sp³-hybridized carbons (Fsp3) is 0.312. The Morgan fingerprint density at radius 3 is 2.76 bits per heavy atom. The summed E-state index contributed by atoms with van der Waals surface area (Å²) in [6.45, 7) is 3.35. The Morgan fingerprint density at radius 2 is 1.86 bits per heavy atom. The highest BCUT2D eigenvalue weighted by atomic mass is 16.1. The minimum Gasteiger partial charge on any atom is -0.308 e. The van der Waals surface area contributed by atoms with Gasteiger partial charge in [0.1, 0.15) is 0 Å². The van der Waals surface area contributed by atoms with E-state index in [0.717, 1.165) is 71.2 Å². The highest BCUT2D eigenvalue weighted by Gasteiger charge is 2.26. The van der Waals surface area contributed by atoms with E-state index in [9.17, 15) is 9.59 Å². The molecule has 3 heterocycles. The van der Waals surface area contributed by atoms with Crippen molar-refractivity contribution in [2.75, 3.05) is 0 Å². The first kappa shape index (κ1) is 23.5. The molecular formula is C32H31N3O2. The summed E-state index contributed by atoms with van der Waals surface area (Å²) in [5, 5.41) is 1.09. The van der Waals surface area contributed by atoms with Crippen molar-refractivity contribution >= 4 is 22.4 Å². The van der Waals surface area contributed by atoms with Crippen LogP contribution in [0.4, 0.5) is 0 Å². The van der Waals surface area contributed by atoms with Crippen molar-refractivity contribution in [3.05, 3.63) is 111 Å². The first-order chi connectivity index (χ1) is 18.0. The number of ketones is 1. The lowest BCUT2D eigenvalue weighted by atomic mass is 9.78. The van der Waals surface area contributed by atoms with Gasteiger partial charge in [-0.25, -0.2) is 0 Å². The number of hydrogen-bond acceptors (Lipinski definition) is 4. The molecule has 2 aromatic carbocycles. The largest absolute Gasteiger partial charge is 0.308 e. The van der Waals surface area contributed by atoms with E-state index in [1.165, 1.54) is 5.56 Å². The second-order valence-corrected chi connectivity index (χ2v) is 10.6. The van der Waals surface area contributed by atoms with Gasteiger partial charge in [-0.15, -0.1) is 0 Å². The molecule has 6 rings (SSSR count). The summed E-state index contributed by atoms with van der Waals surface area (Å²) in [4.78, 5) is 35.1. The maximum atomic E-state index is 13.4. The molecule has 1 aliphatic carbocycles. The van der Waals surface area contributed by atoms with Crippen LogP contribution in [0.3, 0.4) is 0 Å². The van der Waals surface area contributed by atoms with Gasteiger partial charge < -0.3 is 4.57 Å². The van der Waals surface area contributed by atoms with E-state index in [1.807, 2.05) is 66.2 Å². The number of aliphatic imine (C=N–C) groups is 1. The van der Waals surface area contributed by atoms with E-state index >= 15 is 0 Å². The van der Waals surface area contributed by atoms with Crippen LogP contribution in [-0.4, -0.2) is 21.0 Å². The Morgan fingerprint density at radius 1 is 1.00 bits per heavy atom. The van der Waals surface area contributed by atoms with E-state index in [2.05, 4.69) is 17.1 Å². The number of nitrogens with zero attached hydrogens (tertiary/aromatic N) is 3. The summed E-state index contributed by atoms with van der Waals surface area (Å²) in [7, 11) is 0. The molecule has 37 heavy (non-hydrogen) atoms. The lowest BCUT2D eigenvalue weighted by molar-refractivity contribution is 0.0937. The fourth-order valence-corrected chi connectivity index (χ4v) is 6.12. The molecule has 1 saturated carbocycles. The molecule has 5 nitrogen and oxygen atoms in total. The van der Waals surface area contributed by atoms with Crippen LogP contribution in [-0.2, 0) is 13.1 Å². The van der Waals surface area contributed by atoms with Gasteiger partial charge in [0.25, 0.3) is 5.56 Å². The molecule has 0 N–H and O–H groups in total. The Balaban J connectivity index is 1.16. The van der Waals surface area contributed by atoms with Crippen LogP contribution in [0.2, 0.25) is 0 Å². The monoisotopic (exact) mass is 489 g/mol. The van der Waals surface area contributed by atoms with Crippen LogP contribution in [0.15, 0.2) is 82.7 Å². The van der Waals surface area contributed by atoms with Crippen LogP contribution in [0.25, 0.3) is 10.9 Å². The van der Waals surface area contributed by atoms with E-state index in [1.54, 1.807) is 6.07 Å². The molecule has 5 heteroatoms. The standard InChI is InChI=1S/C32H31N3O2/c1-21-15-26(13-14-33-21)32-28-18-25(9-10-27(28)19-34-32)30(36)17-22-5-4-6-23(16-22)20-35-29-8-3-2-7-24(29)11-12-31(35)37/h2-3,7-15,18,22-23H,4-6,16-17,19-20H2,1H3. The predicted octanol–water partition coefficient (Wildman–Crippen LogP) is 6.14. The molecule has 4 aromatic rings. The van der Waals surface area contributed by atoms with Crippen molar-refractivity contribution in [1.82, 2.24) is 9.55 Å².